The molecule has 2 fully saturated rings. The van der Waals surface area contributed by atoms with Gasteiger partial charge < -0.3 is 10.6 Å². The third-order valence-electron chi connectivity index (χ3n) is 7.04. The predicted molar refractivity (Wildman–Crippen MR) is 136 cm³/mol. The van der Waals surface area contributed by atoms with Gasteiger partial charge in [0.1, 0.15) is 0 Å². The van der Waals surface area contributed by atoms with E-state index in [1.165, 1.54) is 10.5 Å². The van der Waals surface area contributed by atoms with Crippen molar-refractivity contribution in [1.29, 1.82) is 0 Å². The molecule has 32 heavy (non-hydrogen) atoms. The van der Waals surface area contributed by atoms with Gasteiger partial charge in [-0.15, -0.1) is 24.0 Å². The number of carbonyl (C=O) groups is 2. The second-order valence-corrected chi connectivity index (χ2v) is 9.20. The number of allylic oxidation sites excluding steroid dienone is 2. The molecule has 0 radical (unpaired) electrons. The first kappa shape index (κ1) is 24.7. The average Bonchev–Trinajstić information content (AvgIpc) is 3.45. The van der Waals surface area contributed by atoms with E-state index in [4.69, 9.17) is 0 Å². The van der Waals surface area contributed by atoms with Crippen molar-refractivity contribution < 1.29 is 9.59 Å². The normalized spacial score (nSPS) is 27.0. The topological polar surface area (TPSA) is 86.7 Å². The van der Waals surface area contributed by atoms with Gasteiger partial charge in [-0.1, -0.05) is 32.1 Å². The summed E-state index contributed by atoms with van der Waals surface area (Å²) in [5.41, 5.74) is 1.21. The smallest absolute Gasteiger partial charge is 0.233 e. The number of imide groups is 1. The maximum absolute atomic E-state index is 12.8. The van der Waals surface area contributed by atoms with Gasteiger partial charge in [0.05, 0.1) is 11.8 Å². The van der Waals surface area contributed by atoms with Gasteiger partial charge in [0.15, 0.2) is 5.96 Å². The Hall–Kier alpha value is -1.97. The highest BCUT2D eigenvalue weighted by molar-refractivity contribution is 14.0. The summed E-state index contributed by atoms with van der Waals surface area (Å²) in [5.74, 6) is 1.92. The van der Waals surface area contributed by atoms with Crippen LogP contribution in [-0.4, -0.2) is 54.3 Å². The number of likely N-dealkylation sites (tertiary alicyclic amines) is 1. The molecule has 0 aromatic carbocycles. The lowest BCUT2D eigenvalue weighted by molar-refractivity contribution is -0.140. The molecule has 2 amide bonds. The van der Waals surface area contributed by atoms with Crippen LogP contribution >= 0.6 is 24.0 Å². The third-order valence-corrected chi connectivity index (χ3v) is 7.04. The van der Waals surface area contributed by atoms with Gasteiger partial charge in [-0.2, -0.15) is 0 Å². The van der Waals surface area contributed by atoms with E-state index in [0.29, 0.717) is 31.3 Å². The standard InChI is InChI=1S/C24H33N5O2.HI/c1-15(2)19(18-6-4-9-26-13-18)14-28-24(25-3)27-10-5-11-29-22(30)20-16-7-8-17(12-16)21(20)23(29)31;/h4,6-9,13,15-17,19-21H,5,10-12,14H2,1-3H3,(H2,25,27,28);1H. The molecule has 8 heteroatoms. The van der Waals surface area contributed by atoms with Crippen LogP contribution in [0.3, 0.4) is 0 Å². The van der Waals surface area contributed by atoms with Crippen molar-refractivity contribution >= 4 is 41.8 Å². The quantitative estimate of drug-likeness (QED) is 0.130. The molecule has 4 rings (SSSR count). The summed E-state index contributed by atoms with van der Waals surface area (Å²) < 4.78 is 0. The number of fused-ring (bicyclic) bond motifs is 5. The first-order valence-corrected chi connectivity index (χ1v) is 11.4. The van der Waals surface area contributed by atoms with Crippen molar-refractivity contribution in [2.75, 3.05) is 26.7 Å². The van der Waals surface area contributed by atoms with E-state index in [-0.39, 0.29) is 59.5 Å². The lowest BCUT2D eigenvalue weighted by Gasteiger charge is -2.23. The van der Waals surface area contributed by atoms with E-state index >= 15 is 0 Å². The monoisotopic (exact) mass is 551 g/mol. The number of rotatable bonds is 8. The fraction of sp³-hybridized carbons (Fsp3) is 0.583. The van der Waals surface area contributed by atoms with E-state index in [1.807, 2.05) is 12.3 Å². The molecule has 1 aromatic heterocycles. The minimum Gasteiger partial charge on any atom is -0.356 e. The molecule has 2 heterocycles. The molecule has 1 saturated carbocycles. The van der Waals surface area contributed by atoms with Crippen molar-refractivity contribution in [3.8, 4) is 0 Å². The van der Waals surface area contributed by atoms with Gasteiger partial charge >= 0.3 is 0 Å². The molecule has 5 atom stereocenters. The SMILES string of the molecule is CN=C(NCCCN1C(=O)C2C3C=CC(C3)C2C1=O)NCC(c1cccnc1)C(C)C.I. The van der Waals surface area contributed by atoms with Crippen molar-refractivity contribution in [3.05, 3.63) is 42.2 Å². The second-order valence-electron chi connectivity index (χ2n) is 9.20. The minimum absolute atomic E-state index is 0. The summed E-state index contributed by atoms with van der Waals surface area (Å²) in [7, 11) is 1.75. The number of aliphatic imine (C=N–C) groups is 1. The molecule has 1 saturated heterocycles. The Labute approximate surface area is 207 Å². The average molecular weight is 551 g/mol. The van der Waals surface area contributed by atoms with E-state index in [2.05, 4.69) is 52.7 Å². The number of guanidine groups is 1. The molecule has 1 aliphatic heterocycles. The molecular weight excluding hydrogens is 517 g/mol. The van der Waals surface area contributed by atoms with E-state index in [1.54, 1.807) is 13.2 Å². The van der Waals surface area contributed by atoms with Crippen LogP contribution in [0.1, 0.15) is 38.2 Å². The Morgan fingerprint density at radius 2 is 1.88 bits per heavy atom. The molecular formula is C24H34IN5O2. The summed E-state index contributed by atoms with van der Waals surface area (Å²) >= 11 is 0. The van der Waals surface area contributed by atoms with E-state index in [9.17, 15) is 9.59 Å². The summed E-state index contributed by atoms with van der Waals surface area (Å²) in [6.45, 7) is 6.29. The Kier molecular flexibility index (Phi) is 8.30. The molecule has 3 aliphatic rings. The Bertz CT molecular complexity index is 842. The van der Waals surface area contributed by atoms with Gasteiger partial charge in [0.2, 0.25) is 11.8 Å². The lowest BCUT2D eigenvalue weighted by Crippen LogP contribution is -2.41. The fourth-order valence-electron chi connectivity index (χ4n) is 5.39. The van der Waals surface area contributed by atoms with E-state index in [0.717, 1.165) is 18.9 Å². The van der Waals surface area contributed by atoms with E-state index < -0.39 is 0 Å². The van der Waals surface area contributed by atoms with Gasteiger partial charge in [-0.25, -0.2) is 0 Å². The second kappa shape index (κ2) is 10.8. The number of halogens is 1. The van der Waals surface area contributed by atoms with Gasteiger partial charge in [0.25, 0.3) is 0 Å². The summed E-state index contributed by atoms with van der Waals surface area (Å²) in [4.78, 5) is 35.6. The largest absolute Gasteiger partial charge is 0.356 e. The molecule has 2 aliphatic carbocycles. The van der Waals surface area contributed by atoms with Crippen LogP contribution in [0.2, 0.25) is 0 Å². The highest BCUT2D eigenvalue weighted by atomic mass is 127. The third kappa shape index (κ3) is 4.84. The van der Waals surface area contributed by atoms with Crippen LogP contribution in [-0.2, 0) is 9.59 Å². The Balaban J connectivity index is 0.00000289. The van der Waals surface area contributed by atoms with Gasteiger partial charge in [0, 0.05) is 45.0 Å². The van der Waals surface area contributed by atoms with Crippen molar-refractivity contribution in [3.63, 3.8) is 0 Å². The summed E-state index contributed by atoms with van der Waals surface area (Å²) in [6, 6.07) is 4.07. The van der Waals surface area contributed by atoms with Crippen LogP contribution < -0.4 is 10.6 Å². The predicted octanol–water partition coefficient (Wildman–Crippen LogP) is 2.80. The van der Waals surface area contributed by atoms with Crippen LogP contribution in [0, 0.1) is 29.6 Å². The van der Waals surface area contributed by atoms with Crippen molar-refractivity contribution in [1.82, 2.24) is 20.5 Å². The van der Waals surface area contributed by atoms with Crippen LogP contribution in [0.25, 0.3) is 0 Å². The van der Waals surface area contributed by atoms with Gasteiger partial charge in [-0.3, -0.25) is 24.5 Å². The van der Waals surface area contributed by atoms with Crippen LogP contribution in [0.5, 0.6) is 0 Å². The van der Waals surface area contributed by atoms with Crippen molar-refractivity contribution in [2.24, 2.45) is 34.6 Å². The number of carbonyl (C=O) groups excluding carboxylic acids is 2. The zero-order valence-corrected chi connectivity index (χ0v) is 21.4. The fourth-order valence-corrected chi connectivity index (χ4v) is 5.39. The molecule has 0 spiro atoms. The molecule has 2 bridgehead atoms. The maximum atomic E-state index is 12.8. The van der Waals surface area contributed by atoms with Crippen molar-refractivity contribution in [2.45, 2.75) is 32.6 Å². The molecule has 5 unspecified atom stereocenters. The minimum atomic E-state index is -0.106. The molecule has 174 valence electrons. The number of nitrogens with one attached hydrogen (secondary N) is 2. The summed E-state index contributed by atoms with van der Waals surface area (Å²) in [5, 5.41) is 6.71. The number of amides is 2. The highest BCUT2D eigenvalue weighted by Gasteiger charge is 2.58. The first-order valence-electron chi connectivity index (χ1n) is 11.4. The highest BCUT2D eigenvalue weighted by Crippen LogP contribution is 2.52. The Morgan fingerprint density at radius 3 is 2.44 bits per heavy atom. The van der Waals surface area contributed by atoms with Gasteiger partial charge in [-0.05, 0) is 42.2 Å². The number of aromatic nitrogens is 1. The lowest BCUT2D eigenvalue weighted by atomic mass is 9.85. The summed E-state index contributed by atoms with van der Waals surface area (Å²) in [6.07, 6.45) is 9.65. The molecule has 1 aromatic rings. The number of nitrogens with zero attached hydrogens (tertiary/aromatic N) is 3. The molecule has 2 N–H and O–H groups in total. The Morgan fingerprint density at radius 1 is 1.19 bits per heavy atom. The first-order chi connectivity index (χ1) is 15.0. The van der Waals surface area contributed by atoms with Crippen LogP contribution in [0.15, 0.2) is 41.7 Å². The number of hydrogen-bond donors (Lipinski definition) is 2. The molecule has 7 nitrogen and oxygen atoms in total. The number of hydrogen-bond acceptors (Lipinski definition) is 4. The number of pyridine rings is 1. The zero-order valence-electron chi connectivity index (χ0n) is 19.0. The maximum Gasteiger partial charge on any atom is 0.233 e. The zero-order chi connectivity index (χ0) is 22.0. The van der Waals surface area contributed by atoms with Crippen LogP contribution in [0.4, 0.5) is 0 Å².